The largest absolute Gasteiger partial charge is 0.474 e. The number of hydrogen-bond acceptors (Lipinski definition) is 5. The van der Waals surface area contributed by atoms with E-state index in [2.05, 4.69) is 10.3 Å². The van der Waals surface area contributed by atoms with Crippen molar-refractivity contribution < 1.29 is 19.1 Å². The molecule has 1 amide bonds. The average molecular weight is 343 g/mol. The summed E-state index contributed by atoms with van der Waals surface area (Å²) in [6.45, 7) is 10.5. The van der Waals surface area contributed by atoms with Crippen molar-refractivity contribution in [3.8, 4) is 5.88 Å². The number of pyridine rings is 1. The number of nitrogens with zero attached hydrogens (tertiary/aromatic N) is 1. The summed E-state index contributed by atoms with van der Waals surface area (Å²) in [6, 6.07) is 1.54. The molecule has 1 N–H and O–H groups in total. The van der Waals surface area contributed by atoms with E-state index in [1.54, 1.807) is 27.7 Å². The van der Waals surface area contributed by atoms with Gasteiger partial charge in [0.15, 0.2) is 0 Å². The fourth-order valence-corrected chi connectivity index (χ4v) is 1.92. The highest BCUT2D eigenvalue weighted by Gasteiger charge is 2.31. The summed E-state index contributed by atoms with van der Waals surface area (Å²) in [4.78, 5) is 27.6. The summed E-state index contributed by atoms with van der Waals surface area (Å²) < 4.78 is 10.6. The van der Waals surface area contributed by atoms with Gasteiger partial charge in [-0.25, -0.2) is 9.78 Å². The third-order valence-corrected chi connectivity index (χ3v) is 3.02. The van der Waals surface area contributed by atoms with Gasteiger partial charge in [-0.3, -0.25) is 0 Å². The molecule has 1 aromatic heterocycles. The molecule has 0 aliphatic rings. The predicted molar refractivity (Wildman–Crippen MR) is 87.8 cm³/mol. The normalized spacial score (nSPS) is 14.1. The van der Waals surface area contributed by atoms with Gasteiger partial charge in [0.1, 0.15) is 22.4 Å². The molecule has 1 rings (SSSR count). The van der Waals surface area contributed by atoms with Crippen molar-refractivity contribution in [3.63, 3.8) is 0 Å². The van der Waals surface area contributed by atoms with Crippen molar-refractivity contribution >= 4 is 24.0 Å². The zero-order chi connectivity index (χ0) is 17.8. The van der Waals surface area contributed by atoms with Crippen LogP contribution in [0, 0.1) is 0 Å². The van der Waals surface area contributed by atoms with Crippen molar-refractivity contribution in [1.82, 2.24) is 10.3 Å². The molecule has 7 heteroatoms. The second kappa shape index (κ2) is 7.17. The molecule has 1 aromatic rings. The Morgan fingerprint density at radius 1 is 1.35 bits per heavy atom. The summed E-state index contributed by atoms with van der Waals surface area (Å²) in [5.74, 6) is 0.274. The first-order chi connectivity index (χ1) is 10.5. The van der Waals surface area contributed by atoms with Crippen LogP contribution in [0.25, 0.3) is 0 Å². The molecule has 128 valence electrons. The maximum Gasteiger partial charge on any atom is 0.408 e. The fourth-order valence-electron chi connectivity index (χ4n) is 1.70. The fraction of sp³-hybridized carbons (Fsp3) is 0.562. The van der Waals surface area contributed by atoms with Crippen molar-refractivity contribution in [2.75, 3.05) is 0 Å². The van der Waals surface area contributed by atoms with Gasteiger partial charge in [0, 0.05) is 11.8 Å². The van der Waals surface area contributed by atoms with Gasteiger partial charge in [0.05, 0.1) is 6.10 Å². The van der Waals surface area contributed by atoms with Gasteiger partial charge in [-0.05, 0) is 47.6 Å². The Labute approximate surface area is 141 Å². The van der Waals surface area contributed by atoms with E-state index in [4.69, 9.17) is 21.1 Å². The molecule has 0 aromatic carbocycles. The molecule has 0 aliphatic carbocycles. The zero-order valence-electron chi connectivity index (χ0n) is 14.3. The zero-order valence-corrected chi connectivity index (χ0v) is 15.0. The van der Waals surface area contributed by atoms with Gasteiger partial charge < -0.3 is 19.6 Å². The molecule has 0 aliphatic heterocycles. The lowest BCUT2D eigenvalue weighted by molar-refractivity contribution is -0.113. The van der Waals surface area contributed by atoms with Crippen LogP contribution >= 0.6 is 11.6 Å². The number of halogens is 1. The van der Waals surface area contributed by atoms with Crippen molar-refractivity contribution in [1.29, 1.82) is 0 Å². The lowest BCUT2D eigenvalue weighted by Crippen LogP contribution is -2.47. The smallest absolute Gasteiger partial charge is 0.408 e. The van der Waals surface area contributed by atoms with E-state index in [-0.39, 0.29) is 17.0 Å². The number of carbonyl (C=O) groups is 2. The molecule has 23 heavy (non-hydrogen) atoms. The van der Waals surface area contributed by atoms with Crippen molar-refractivity contribution in [2.24, 2.45) is 0 Å². The number of aromatic nitrogens is 1. The maximum absolute atomic E-state index is 11.9. The number of alkyl carbamates (subject to hydrolysis) is 1. The van der Waals surface area contributed by atoms with E-state index < -0.39 is 17.2 Å². The molecule has 0 radical (unpaired) electrons. The van der Waals surface area contributed by atoms with Crippen molar-refractivity contribution in [3.05, 3.63) is 22.8 Å². The van der Waals surface area contributed by atoms with Crippen LogP contribution < -0.4 is 10.1 Å². The van der Waals surface area contributed by atoms with E-state index in [0.29, 0.717) is 11.8 Å². The Hall–Kier alpha value is -1.82. The first kappa shape index (κ1) is 19.2. The highest BCUT2D eigenvalue weighted by molar-refractivity contribution is 6.31. The summed E-state index contributed by atoms with van der Waals surface area (Å²) >= 11 is 6.13. The van der Waals surface area contributed by atoms with E-state index in [9.17, 15) is 9.59 Å². The van der Waals surface area contributed by atoms with E-state index >= 15 is 0 Å². The summed E-state index contributed by atoms with van der Waals surface area (Å²) in [5.41, 5.74) is -1.55. The van der Waals surface area contributed by atoms with Gasteiger partial charge in [0.25, 0.3) is 0 Å². The van der Waals surface area contributed by atoms with Crippen LogP contribution in [-0.4, -0.2) is 29.1 Å². The second-order valence-electron chi connectivity index (χ2n) is 6.62. The number of nitrogens with one attached hydrogen (secondary N) is 1. The van der Waals surface area contributed by atoms with Gasteiger partial charge in [-0.1, -0.05) is 11.6 Å². The molecule has 0 fully saturated rings. The third-order valence-electron chi connectivity index (χ3n) is 2.75. The number of aldehydes is 1. The van der Waals surface area contributed by atoms with Crippen LogP contribution in [-0.2, 0) is 15.1 Å². The SMILES string of the molecule is CC(C)Oc1ncc(C(C)(C=O)NC(=O)OC(C)(C)C)cc1Cl. The quantitative estimate of drug-likeness (QED) is 0.829. The number of hydrogen-bond donors (Lipinski definition) is 1. The average Bonchev–Trinajstić information content (AvgIpc) is 2.38. The maximum atomic E-state index is 11.9. The molecule has 0 saturated heterocycles. The minimum atomic E-state index is -1.31. The Bertz CT molecular complexity index is 584. The predicted octanol–water partition coefficient (Wildman–Crippen LogP) is 3.46. The Morgan fingerprint density at radius 2 is 1.96 bits per heavy atom. The highest BCUT2D eigenvalue weighted by atomic mass is 35.5. The van der Waals surface area contributed by atoms with Gasteiger partial charge in [-0.15, -0.1) is 0 Å². The second-order valence-corrected chi connectivity index (χ2v) is 7.03. The monoisotopic (exact) mass is 342 g/mol. The molecular weight excluding hydrogens is 320 g/mol. The van der Waals surface area contributed by atoms with Crippen LogP contribution in [0.15, 0.2) is 12.3 Å². The van der Waals surface area contributed by atoms with Gasteiger partial charge in [0.2, 0.25) is 5.88 Å². The Kier molecular flexibility index (Phi) is 5.99. The number of ether oxygens (including phenoxy) is 2. The molecule has 1 unspecified atom stereocenters. The lowest BCUT2D eigenvalue weighted by atomic mass is 9.95. The Balaban J connectivity index is 3.02. The van der Waals surface area contributed by atoms with Gasteiger partial charge in [-0.2, -0.15) is 0 Å². The van der Waals surface area contributed by atoms with E-state index in [1.165, 1.54) is 12.3 Å². The number of rotatable bonds is 5. The third kappa shape index (κ3) is 5.71. The molecule has 0 saturated carbocycles. The Morgan fingerprint density at radius 3 is 2.39 bits per heavy atom. The summed E-state index contributed by atoms with van der Waals surface area (Å²) in [6.07, 6.45) is 1.26. The van der Waals surface area contributed by atoms with Crippen LogP contribution in [0.4, 0.5) is 4.79 Å². The molecule has 6 nitrogen and oxygen atoms in total. The minimum absolute atomic E-state index is 0.0804. The lowest BCUT2D eigenvalue weighted by Gasteiger charge is -2.28. The number of amides is 1. The van der Waals surface area contributed by atoms with Crippen LogP contribution in [0.5, 0.6) is 5.88 Å². The first-order valence-corrected chi connectivity index (χ1v) is 7.65. The van der Waals surface area contributed by atoms with E-state index in [1.807, 2.05) is 13.8 Å². The van der Waals surface area contributed by atoms with Gasteiger partial charge >= 0.3 is 6.09 Å². The van der Waals surface area contributed by atoms with Crippen molar-refractivity contribution in [2.45, 2.75) is 58.8 Å². The molecular formula is C16H23ClN2O4. The van der Waals surface area contributed by atoms with E-state index in [0.717, 1.165) is 0 Å². The summed E-state index contributed by atoms with van der Waals surface area (Å²) in [7, 11) is 0. The van der Waals surface area contributed by atoms with Crippen LogP contribution in [0.3, 0.4) is 0 Å². The first-order valence-electron chi connectivity index (χ1n) is 7.27. The molecule has 1 atom stereocenters. The standard InChI is InChI=1S/C16H23ClN2O4/c1-10(2)22-13-12(17)7-11(8-18-13)16(6,9-20)19-14(21)23-15(3,4)5/h7-10H,1-6H3,(H,19,21). The highest BCUT2D eigenvalue weighted by Crippen LogP contribution is 2.28. The topological polar surface area (TPSA) is 77.5 Å². The molecule has 0 bridgehead atoms. The van der Waals surface area contributed by atoms with Crippen LogP contribution in [0.2, 0.25) is 5.02 Å². The minimum Gasteiger partial charge on any atom is -0.474 e. The molecule has 1 heterocycles. The molecule has 0 spiro atoms. The summed E-state index contributed by atoms with van der Waals surface area (Å²) in [5, 5.41) is 2.79. The number of carbonyl (C=O) groups excluding carboxylic acids is 2. The van der Waals surface area contributed by atoms with Crippen LogP contribution in [0.1, 0.15) is 47.1 Å².